The van der Waals surface area contributed by atoms with E-state index in [4.69, 9.17) is 4.74 Å². The van der Waals surface area contributed by atoms with E-state index in [0.29, 0.717) is 33.6 Å². The van der Waals surface area contributed by atoms with Gasteiger partial charge in [0.1, 0.15) is 11.3 Å². The minimum Gasteiger partial charge on any atom is -0.462 e. The van der Waals surface area contributed by atoms with E-state index in [1.165, 1.54) is 16.8 Å². The number of rotatable bonds is 4. The number of nitrogens with zero attached hydrogens (tertiary/aromatic N) is 2. The second-order valence-corrected chi connectivity index (χ2v) is 6.39. The highest BCUT2D eigenvalue weighted by Crippen LogP contribution is 2.26. The topological polar surface area (TPSA) is 76.5 Å². The normalized spacial score (nSPS) is 11.3. The molecule has 0 aliphatic heterocycles. The molecule has 6 nitrogen and oxygen atoms in total. The zero-order valence-electron chi connectivity index (χ0n) is 15.1. The predicted molar refractivity (Wildman–Crippen MR) is 96.0 cm³/mol. The van der Waals surface area contributed by atoms with Crippen molar-refractivity contribution < 1.29 is 13.9 Å². The first-order valence-electron chi connectivity index (χ1n) is 8.42. The largest absolute Gasteiger partial charge is 0.462 e. The van der Waals surface area contributed by atoms with Crippen LogP contribution in [0.15, 0.2) is 29.2 Å². The van der Waals surface area contributed by atoms with Gasteiger partial charge >= 0.3 is 5.97 Å². The third-order valence-electron chi connectivity index (χ3n) is 4.18. The molecule has 2 heterocycles. The number of aromatic nitrogens is 3. The van der Waals surface area contributed by atoms with E-state index in [0.717, 1.165) is 0 Å². The van der Waals surface area contributed by atoms with Crippen LogP contribution in [0.2, 0.25) is 0 Å². The van der Waals surface area contributed by atoms with Gasteiger partial charge in [-0.05, 0) is 43.5 Å². The molecule has 0 saturated heterocycles. The van der Waals surface area contributed by atoms with Crippen LogP contribution in [0.1, 0.15) is 48.2 Å². The van der Waals surface area contributed by atoms with Gasteiger partial charge in [-0.15, -0.1) is 5.10 Å². The summed E-state index contributed by atoms with van der Waals surface area (Å²) in [4.78, 5) is 27.7. The van der Waals surface area contributed by atoms with Crippen molar-refractivity contribution in [1.82, 2.24) is 14.6 Å². The zero-order valence-corrected chi connectivity index (χ0v) is 15.1. The number of esters is 1. The van der Waals surface area contributed by atoms with E-state index < -0.39 is 5.97 Å². The maximum Gasteiger partial charge on any atom is 0.340 e. The molecular weight excluding hydrogens is 337 g/mol. The van der Waals surface area contributed by atoms with E-state index in [9.17, 15) is 14.0 Å². The Labute approximate surface area is 149 Å². The number of aryl methyl sites for hydroxylation is 1. The highest BCUT2D eigenvalue weighted by Gasteiger charge is 2.23. The summed E-state index contributed by atoms with van der Waals surface area (Å²) in [5.74, 6) is -0.586. The van der Waals surface area contributed by atoms with Crippen molar-refractivity contribution in [1.29, 1.82) is 0 Å². The molecule has 0 fully saturated rings. The smallest absolute Gasteiger partial charge is 0.340 e. The molecule has 0 aliphatic carbocycles. The van der Waals surface area contributed by atoms with Crippen LogP contribution in [0.5, 0.6) is 0 Å². The third kappa shape index (κ3) is 3.00. The Morgan fingerprint density at radius 3 is 2.73 bits per heavy atom. The van der Waals surface area contributed by atoms with Gasteiger partial charge in [-0.1, -0.05) is 13.8 Å². The molecule has 7 heteroatoms. The van der Waals surface area contributed by atoms with Gasteiger partial charge in [0.05, 0.1) is 12.2 Å². The summed E-state index contributed by atoms with van der Waals surface area (Å²) in [5, 5.41) is 4.41. The second kappa shape index (κ2) is 6.74. The number of fused-ring (bicyclic) bond motifs is 1. The molecule has 0 saturated carbocycles. The molecule has 2 aromatic heterocycles. The number of aromatic amines is 1. The monoisotopic (exact) mass is 357 g/mol. The molecular formula is C19H20FN3O3. The van der Waals surface area contributed by atoms with Crippen molar-refractivity contribution in [3.05, 3.63) is 57.3 Å². The lowest BCUT2D eigenvalue weighted by Gasteiger charge is -2.08. The minimum atomic E-state index is -0.486. The number of carbonyl (C=O) groups is 1. The molecule has 3 aromatic rings. The Morgan fingerprint density at radius 2 is 2.12 bits per heavy atom. The first kappa shape index (κ1) is 17.8. The number of nitrogens with one attached hydrogen (secondary N) is 1. The molecule has 3 rings (SSSR count). The standard InChI is InChI=1S/C19H20FN3O3/c1-5-26-19(25)13-9-23-16(15(13)10(2)3)18(24)21-17(22-23)12-6-7-14(20)11(4)8-12/h6-10H,5H2,1-4H3,(H,21,22,24). The van der Waals surface area contributed by atoms with E-state index >= 15 is 0 Å². The van der Waals surface area contributed by atoms with Crippen LogP contribution in [0.4, 0.5) is 4.39 Å². The average Bonchev–Trinajstić information content (AvgIpc) is 2.98. The highest BCUT2D eigenvalue weighted by molar-refractivity contribution is 5.94. The summed E-state index contributed by atoms with van der Waals surface area (Å²) < 4.78 is 20.0. The number of hydrogen-bond acceptors (Lipinski definition) is 4. The molecule has 26 heavy (non-hydrogen) atoms. The van der Waals surface area contributed by atoms with Crippen LogP contribution in [0.25, 0.3) is 16.9 Å². The van der Waals surface area contributed by atoms with Gasteiger partial charge in [0.15, 0.2) is 5.82 Å². The molecule has 0 bridgehead atoms. The molecule has 136 valence electrons. The summed E-state index contributed by atoms with van der Waals surface area (Å²) >= 11 is 0. The van der Waals surface area contributed by atoms with Gasteiger partial charge in [-0.25, -0.2) is 13.7 Å². The van der Waals surface area contributed by atoms with E-state index in [1.54, 1.807) is 26.0 Å². The fourth-order valence-corrected chi connectivity index (χ4v) is 2.99. The summed E-state index contributed by atoms with van der Waals surface area (Å²) in [6, 6.07) is 4.48. The summed E-state index contributed by atoms with van der Waals surface area (Å²) in [6.07, 6.45) is 1.51. The first-order valence-corrected chi connectivity index (χ1v) is 8.42. The van der Waals surface area contributed by atoms with Crippen LogP contribution in [0.3, 0.4) is 0 Å². The summed E-state index contributed by atoms with van der Waals surface area (Å²) in [5.41, 5.74) is 1.90. The Kier molecular flexibility index (Phi) is 4.63. The van der Waals surface area contributed by atoms with Crippen molar-refractivity contribution in [2.24, 2.45) is 0 Å². The van der Waals surface area contributed by atoms with Crippen molar-refractivity contribution in [3.8, 4) is 11.4 Å². The molecule has 0 unspecified atom stereocenters. The van der Waals surface area contributed by atoms with Crippen molar-refractivity contribution in [2.45, 2.75) is 33.6 Å². The lowest BCUT2D eigenvalue weighted by atomic mass is 10.0. The van der Waals surface area contributed by atoms with Crippen LogP contribution in [-0.2, 0) is 4.74 Å². The SMILES string of the molecule is CCOC(=O)c1cn2nc(-c3ccc(F)c(C)c3)[nH]c(=O)c2c1C(C)C. The van der Waals surface area contributed by atoms with Crippen LogP contribution >= 0.6 is 0 Å². The lowest BCUT2D eigenvalue weighted by Crippen LogP contribution is -2.15. The molecule has 0 atom stereocenters. The molecule has 1 aromatic carbocycles. The van der Waals surface area contributed by atoms with Crippen molar-refractivity contribution in [2.75, 3.05) is 6.61 Å². The van der Waals surface area contributed by atoms with Gasteiger partial charge in [-0.3, -0.25) is 4.79 Å². The second-order valence-electron chi connectivity index (χ2n) is 6.39. The Hall–Kier alpha value is -2.96. The number of benzene rings is 1. The van der Waals surface area contributed by atoms with E-state index in [2.05, 4.69) is 10.1 Å². The van der Waals surface area contributed by atoms with Gasteiger partial charge in [-0.2, -0.15) is 0 Å². The number of ether oxygens (including phenoxy) is 1. The van der Waals surface area contributed by atoms with E-state index in [1.807, 2.05) is 13.8 Å². The number of hydrogen-bond donors (Lipinski definition) is 1. The van der Waals surface area contributed by atoms with Gasteiger partial charge in [0.2, 0.25) is 0 Å². The third-order valence-corrected chi connectivity index (χ3v) is 4.18. The molecule has 0 aliphatic rings. The molecule has 1 N–H and O–H groups in total. The summed E-state index contributed by atoms with van der Waals surface area (Å²) in [7, 11) is 0. The minimum absolute atomic E-state index is 0.0683. The zero-order chi connectivity index (χ0) is 19.0. The van der Waals surface area contributed by atoms with Crippen molar-refractivity contribution >= 4 is 11.5 Å². The molecule has 0 radical (unpaired) electrons. The lowest BCUT2D eigenvalue weighted by molar-refractivity contribution is 0.0525. The average molecular weight is 357 g/mol. The maximum atomic E-state index is 13.5. The van der Waals surface area contributed by atoms with Gasteiger partial charge in [0, 0.05) is 17.3 Å². The molecule has 0 spiro atoms. The molecule has 0 amide bonds. The quantitative estimate of drug-likeness (QED) is 0.726. The van der Waals surface area contributed by atoms with Gasteiger partial charge in [0.25, 0.3) is 5.56 Å². The predicted octanol–water partition coefficient (Wildman–Crippen LogP) is 3.44. The van der Waals surface area contributed by atoms with Crippen LogP contribution < -0.4 is 5.56 Å². The van der Waals surface area contributed by atoms with E-state index in [-0.39, 0.29) is 23.9 Å². The summed E-state index contributed by atoms with van der Waals surface area (Å²) in [6.45, 7) is 7.40. The number of H-pyrrole nitrogens is 1. The Morgan fingerprint density at radius 1 is 1.38 bits per heavy atom. The van der Waals surface area contributed by atoms with Gasteiger partial charge < -0.3 is 9.72 Å². The van der Waals surface area contributed by atoms with Crippen molar-refractivity contribution in [3.63, 3.8) is 0 Å². The Bertz CT molecular complexity index is 1050. The van der Waals surface area contributed by atoms with Crippen LogP contribution in [-0.4, -0.2) is 27.2 Å². The number of halogens is 1. The highest BCUT2D eigenvalue weighted by atomic mass is 19.1. The van der Waals surface area contributed by atoms with Crippen LogP contribution in [0, 0.1) is 12.7 Å². The fourth-order valence-electron chi connectivity index (χ4n) is 2.99. The fraction of sp³-hybridized carbons (Fsp3) is 0.316. The number of carbonyl (C=O) groups excluding carboxylic acids is 1. The first-order chi connectivity index (χ1) is 12.3. The Balaban J connectivity index is 2.24. The maximum absolute atomic E-state index is 13.5.